The van der Waals surface area contributed by atoms with E-state index in [1.54, 1.807) is 25.3 Å². The van der Waals surface area contributed by atoms with E-state index in [0.29, 0.717) is 11.4 Å². The van der Waals surface area contributed by atoms with Crippen LogP contribution < -0.4 is 11.1 Å². The molecule has 1 amide bonds. The van der Waals surface area contributed by atoms with Gasteiger partial charge in [-0.3, -0.25) is 9.78 Å². The zero-order chi connectivity index (χ0) is 15.2. The molecule has 3 N–H and O–H groups in total. The van der Waals surface area contributed by atoms with Gasteiger partial charge in [-0.1, -0.05) is 11.8 Å². The number of aromatic nitrogens is 1. The molecule has 21 heavy (non-hydrogen) atoms. The number of anilines is 1. The second-order valence-electron chi connectivity index (χ2n) is 4.29. The van der Waals surface area contributed by atoms with Crippen LogP contribution in [-0.4, -0.2) is 17.4 Å². The largest absolute Gasteiger partial charge is 0.320 e. The average molecular weight is 283 g/mol. The Kier molecular flexibility index (Phi) is 4.64. The fourth-order valence-electron chi connectivity index (χ4n) is 1.71. The van der Waals surface area contributed by atoms with Crippen LogP contribution in [0.15, 0.2) is 36.5 Å². The van der Waals surface area contributed by atoms with Crippen LogP contribution in [-0.2, 0) is 0 Å². The highest BCUT2D eigenvalue weighted by atomic mass is 19.1. The third kappa shape index (κ3) is 3.65. The summed E-state index contributed by atoms with van der Waals surface area (Å²) in [7, 11) is 0. The van der Waals surface area contributed by atoms with Crippen molar-refractivity contribution in [3.8, 4) is 11.8 Å². The van der Waals surface area contributed by atoms with Crippen molar-refractivity contribution in [2.45, 2.75) is 6.92 Å². The Morgan fingerprint density at radius 1 is 1.43 bits per heavy atom. The first kappa shape index (κ1) is 14.7. The smallest absolute Gasteiger partial charge is 0.255 e. The van der Waals surface area contributed by atoms with Gasteiger partial charge >= 0.3 is 0 Å². The lowest BCUT2D eigenvalue weighted by atomic mass is 10.1. The van der Waals surface area contributed by atoms with E-state index in [4.69, 9.17) is 5.73 Å². The third-order valence-electron chi connectivity index (χ3n) is 2.81. The predicted molar refractivity (Wildman–Crippen MR) is 79.3 cm³/mol. The van der Waals surface area contributed by atoms with Crippen molar-refractivity contribution >= 4 is 11.6 Å². The van der Waals surface area contributed by atoms with Crippen LogP contribution in [0.3, 0.4) is 0 Å². The molecule has 0 saturated carbocycles. The summed E-state index contributed by atoms with van der Waals surface area (Å²) in [4.78, 5) is 16.2. The zero-order valence-electron chi connectivity index (χ0n) is 11.5. The van der Waals surface area contributed by atoms with Crippen molar-refractivity contribution in [3.63, 3.8) is 0 Å². The number of hydrogen-bond acceptors (Lipinski definition) is 3. The van der Waals surface area contributed by atoms with Crippen molar-refractivity contribution in [1.82, 2.24) is 4.98 Å². The Bertz CT molecular complexity index is 732. The second kappa shape index (κ2) is 6.64. The molecule has 0 atom stereocenters. The Morgan fingerprint density at radius 3 is 2.90 bits per heavy atom. The minimum atomic E-state index is -0.550. The molecule has 0 radical (unpaired) electrons. The number of carbonyl (C=O) groups is 1. The number of hydrogen-bond donors (Lipinski definition) is 2. The molecule has 0 aliphatic carbocycles. The first-order chi connectivity index (χ1) is 10.1. The topological polar surface area (TPSA) is 68.0 Å². The first-order valence-electron chi connectivity index (χ1n) is 6.33. The lowest BCUT2D eigenvalue weighted by molar-refractivity contribution is 0.102. The second-order valence-corrected chi connectivity index (χ2v) is 4.29. The number of halogens is 1. The highest BCUT2D eigenvalue weighted by molar-refractivity contribution is 6.04. The van der Waals surface area contributed by atoms with Crippen molar-refractivity contribution in [3.05, 3.63) is 59.2 Å². The first-order valence-corrected chi connectivity index (χ1v) is 6.33. The number of pyridine rings is 1. The Hall–Kier alpha value is -2.71. The van der Waals surface area contributed by atoms with Gasteiger partial charge in [-0.15, -0.1) is 0 Å². The molecule has 5 heteroatoms. The van der Waals surface area contributed by atoms with Crippen LogP contribution >= 0.6 is 0 Å². The highest BCUT2D eigenvalue weighted by Gasteiger charge is 2.10. The van der Waals surface area contributed by atoms with Crippen LogP contribution in [0.25, 0.3) is 0 Å². The number of aryl methyl sites for hydroxylation is 1. The molecule has 2 aromatic rings. The summed E-state index contributed by atoms with van der Waals surface area (Å²) >= 11 is 0. The third-order valence-corrected chi connectivity index (χ3v) is 2.81. The molecule has 0 bridgehead atoms. The van der Waals surface area contributed by atoms with Gasteiger partial charge in [-0.2, -0.15) is 0 Å². The SMILES string of the molecule is Cc1ncccc1NC(=O)c1ccc(C#CCN)c(F)c1. The van der Waals surface area contributed by atoms with Gasteiger partial charge < -0.3 is 11.1 Å². The number of nitrogens with one attached hydrogen (secondary N) is 1. The molecule has 2 rings (SSSR count). The minimum Gasteiger partial charge on any atom is -0.320 e. The standard InChI is InChI=1S/C16H14FN3O/c1-11-15(5-3-9-19-11)20-16(21)13-7-6-12(4-2-8-18)14(17)10-13/h3,5-7,9-10H,8,18H2,1H3,(H,20,21). The number of nitrogens with two attached hydrogens (primary N) is 1. The maximum Gasteiger partial charge on any atom is 0.255 e. The van der Waals surface area contributed by atoms with Crippen LogP contribution in [0, 0.1) is 24.6 Å². The number of rotatable bonds is 2. The van der Waals surface area contributed by atoms with Gasteiger partial charge in [0.15, 0.2) is 0 Å². The van der Waals surface area contributed by atoms with Crippen molar-refractivity contribution in [2.24, 2.45) is 5.73 Å². The number of amides is 1. The van der Waals surface area contributed by atoms with Crippen molar-refractivity contribution in [1.29, 1.82) is 0 Å². The Labute approximate surface area is 122 Å². The van der Waals surface area contributed by atoms with Gasteiger partial charge in [-0.25, -0.2) is 4.39 Å². The molecule has 0 aliphatic heterocycles. The normalized spacial score (nSPS) is 9.67. The fourth-order valence-corrected chi connectivity index (χ4v) is 1.71. The van der Waals surface area contributed by atoms with Gasteiger partial charge in [0, 0.05) is 11.8 Å². The number of benzene rings is 1. The molecule has 0 saturated heterocycles. The van der Waals surface area contributed by atoms with Crippen molar-refractivity contribution in [2.75, 3.05) is 11.9 Å². The van der Waals surface area contributed by atoms with E-state index in [2.05, 4.69) is 22.1 Å². The average Bonchev–Trinajstić information content (AvgIpc) is 2.48. The molecular weight excluding hydrogens is 269 g/mol. The Morgan fingerprint density at radius 2 is 2.24 bits per heavy atom. The summed E-state index contributed by atoms with van der Waals surface area (Å²) in [5, 5.41) is 2.69. The van der Waals surface area contributed by atoms with Gasteiger partial charge in [0.1, 0.15) is 5.82 Å². The molecule has 4 nitrogen and oxygen atoms in total. The fraction of sp³-hybridized carbons (Fsp3) is 0.125. The van der Waals surface area contributed by atoms with E-state index >= 15 is 0 Å². The molecule has 1 aromatic carbocycles. The Balaban J connectivity index is 2.21. The van der Waals surface area contributed by atoms with E-state index in [1.165, 1.54) is 12.1 Å². The maximum atomic E-state index is 13.8. The quantitative estimate of drug-likeness (QED) is 0.829. The molecule has 0 unspecified atom stereocenters. The number of nitrogens with zero attached hydrogens (tertiary/aromatic N) is 1. The van der Waals surface area contributed by atoms with Crippen LogP contribution in [0.2, 0.25) is 0 Å². The van der Waals surface area contributed by atoms with E-state index in [9.17, 15) is 9.18 Å². The summed E-state index contributed by atoms with van der Waals surface area (Å²) in [5.41, 5.74) is 6.96. The van der Waals surface area contributed by atoms with Gasteiger partial charge in [-0.05, 0) is 37.3 Å². The molecule has 1 heterocycles. The van der Waals surface area contributed by atoms with Gasteiger partial charge in [0.2, 0.25) is 0 Å². The minimum absolute atomic E-state index is 0.155. The van der Waals surface area contributed by atoms with E-state index < -0.39 is 11.7 Å². The monoisotopic (exact) mass is 283 g/mol. The van der Waals surface area contributed by atoms with Crippen LogP contribution in [0.5, 0.6) is 0 Å². The zero-order valence-corrected chi connectivity index (χ0v) is 11.5. The van der Waals surface area contributed by atoms with Gasteiger partial charge in [0.05, 0.1) is 23.5 Å². The molecule has 1 aromatic heterocycles. The van der Waals surface area contributed by atoms with E-state index in [-0.39, 0.29) is 17.7 Å². The lowest BCUT2D eigenvalue weighted by Crippen LogP contribution is -2.13. The highest BCUT2D eigenvalue weighted by Crippen LogP contribution is 2.14. The summed E-state index contributed by atoms with van der Waals surface area (Å²) in [6.07, 6.45) is 1.63. The van der Waals surface area contributed by atoms with Crippen LogP contribution in [0.1, 0.15) is 21.6 Å². The van der Waals surface area contributed by atoms with Crippen LogP contribution in [0.4, 0.5) is 10.1 Å². The van der Waals surface area contributed by atoms with Crippen molar-refractivity contribution < 1.29 is 9.18 Å². The molecular formula is C16H14FN3O. The lowest BCUT2D eigenvalue weighted by Gasteiger charge is -2.07. The summed E-state index contributed by atoms with van der Waals surface area (Å²) in [6.45, 7) is 1.93. The summed E-state index contributed by atoms with van der Waals surface area (Å²) < 4.78 is 13.8. The summed E-state index contributed by atoms with van der Waals surface area (Å²) in [6, 6.07) is 7.58. The maximum absolute atomic E-state index is 13.8. The molecule has 106 valence electrons. The van der Waals surface area contributed by atoms with E-state index in [0.717, 1.165) is 6.07 Å². The molecule has 0 aliphatic rings. The van der Waals surface area contributed by atoms with E-state index in [1.807, 2.05) is 0 Å². The van der Waals surface area contributed by atoms with Gasteiger partial charge in [0.25, 0.3) is 5.91 Å². The summed E-state index contributed by atoms with van der Waals surface area (Å²) in [5.74, 6) is 4.23. The predicted octanol–water partition coefficient (Wildman–Crippen LogP) is 2.09. The number of carbonyl (C=O) groups excluding carboxylic acids is 1. The molecule has 0 fully saturated rings. The molecule has 0 spiro atoms.